The molecule has 0 heterocycles. The number of benzene rings is 4. The number of rotatable bonds is 9. The van der Waals surface area contributed by atoms with Gasteiger partial charge in [-0.1, -0.05) is 0 Å². The first-order chi connectivity index (χ1) is 47.2. The molecule has 0 amide bonds. The Morgan fingerprint density at radius 1 is 0.176 bits per heavy atom. The summed E-state index contributed by atoms with van der Waals surface area (Å²) in [5.41, 5.74) is -46.0. The summed E-state index contributed by atoms with van der Waals surface area (Å²) in [5, 5.41) is 0. The Kier molecular flexibility index (Phi) is 19.3. The van der Waals surface area contributed by atoms with Crippen LogP contribution in [0.5, 0.6) is 0 Å². The van der Waals surface area contributed by atoms with E-state index < -0.39 is 349 Å². The van der Waals surface area contributed by atoms with Crippen LogP contribution in [0.2, 0.25) is 0 Å². The zero-order valence-electron chi connectivity index (χ0n) is 47.4. The lowest BCUT2D eigenvalue weighted by molar-refractivity contribution is 0.118. The van der Waals surface area contributed by atoms with Gasteiger partial charge in [0.25, 0.3) is 0 Å². The van der Waals surface area contributed by atoms with Crippen LogP contribution in [0, 0.1) is 118 Å². The van der Waals surface area contributed by atoms with Gasteiger partial charge in [-0.25, -0.2) is 180 Å². The minimum Gasteiger partial charge on any atom is -0.241 e. The van der Waals surface area contributed by atoms with Gasteiger partial charge in [0.15, 0.2) is 142 Å². The van der Waals surface area contributed by atoms with Gasteiger partial charge in [0.1, 0.15) is 87.7 Å². The lowest BCUT2D eigenvalue weighted by atomic mass is 9.69. The molecule has 102 heavy (non-hydrogen) atoms. The summed E-state index contributed by atoms with van der Waals surface area (Å²) in [7, 11) is 0. The summed E-state index contributed by atoms with van der Waals surface area (Å²) in [5.74, 6) is -144. The molecule has 0 saturated carbocycles. The standard InChI is InChI=1S/C61H15F41/c1-2-3(4-42(83)50(91)58(99)51(92)43(4)84)28(69)29(70)5(21(2)62)6-22(63)7(24(65)9(23(6)64)12-30(71)36(77)15(37(78)31(12)72)18-44(85)52(93)59(100)53(94)45(18)86)8-25(66)10(13-32(73)38(79)16(39(80)33(13)74)19-46(87)54(95)60(101)55(96)47(19)88)27(68)11(26(8)67)14-34(75)40(81)17(41(82)35(14)76)20-48(89)56(97)61(102)57(98)49(20)90/h10,12-13,17,19,25,30,32,40,46,50,58H,1H3. The zero-order valence-corrected chi connectivity index (χ0v) is 47.4. The Balaban J connectivity index is 1.35. The number of hydrogen-bond acceptors (Lipinski definition) is 0. The lowest BCUT2D eigenvalue weighted by Crippen LogP contribution is -2.40. The molecule has 0 fully saturated rings. The second kappa shape index (κ2) is 26.0. The first-order valence-electron chi connectivity index (χ1n) is 26.9. The molecule has 4 aromatic rings. The van der Waals surface area contributed by atoms with Crippen LogP contribution in [0.4, 0.5) is 180 Å². The molecule has 0 saturated heterocycles. The quantitative estimate of drug-likeness (QED) is 0.0890. The number of hydrogen-bond donors (Lipinski definition) is 0. The van der Waals surface area contributed by atoms with Gasteiger partial charge in [0, 0.05) is 27.8 Å². The van der Waals surface area contributed by atoms with Crippen molar-refractivity contribution in [2.45, 2.75) is 62.0 Å². The largest absolute Gasteiger partial charge is 0.241 e. The molecule has 0 bridgehead atoms. The molecule has 6 aliphatic rings. The minimum atomic E-state index is -5.41. The van der Waals surface area contributed by atoms with Crippen LogP contribution >= 0.6 is 0 Å². The van der Waals surface area contributed by atoms with E-state index in [4.69, 9.17) is 0 Å². The zero-order chi connectivity index (χ0) is 76.6. The van der Waals surface area contributed by atoms with Crippen LogP contribution < -0.4 is 0 Å². The third kappa shape index (κ3) is 10.3. The van der Waals surface area contributed by atoms with Gasteiger partial charge in [0.2, 0.25) is 11.6 Å². The number of halogens is 41. The topological polar surface area (TPSA) is 0 Å². The van der Waals surface area contributed by atoms with Gasteiger partial charge in [-0.15, -0.1) is 0 Å². The van der Waals surface area contributed by atoms with Crippen molar-refractivity contribution in [2.75, 3.05) is 0 Å². The maximum absolute atomic E-state index is 18.1. The second-order valence-corrected chi connectivity index (χ2v) is 22.0. The van der Waals surface area contributed by atoms with Crippen LogP contribution in [0.1, 0.15) is 45.2 Å². The Hall–Kier alpha value is -9.11. The third-order valence-corrected chi connectivity index (χ3v) is 16.9. The third-order valence-electron chi connectivity index (χ3n) is 16.9. The van der Waals surface area contributed by atoms with Gasteiger partial charge in [-0.3, -0.25) is 0 Å². The average molecular weight is 1530 g/mol. The molecule has 10 rings (SSSR count). The molecular formula is C61H15F41. The van der Waals surface area contributed by atoms with Crippen molar-refractivity contribution in [1.82, 2.24) is 0 Å². The fourth-order valence-corrected chi connectivity index (χ4v) is 12.1. The highest BCUT2D eigenvalue weighted by Gasteiger charge is 2.59. The Labute approximate surface area is 535 Å². The highest BCUT2D eigenvalue weighted by Crippen LogP contribution is 2.62. The van der Waals surface area contributed by atoms with E-state index >= 15 is 127 Å². The van der Waals surface area contributed by atoms with Crippen LogP contribution in [0.25, 0.3) is 27.8 Å². The van der Waals surface area contributed by atoms with Gasteiger partial charge in [0.05, 0.1) is 74.1 Å². The van der Waals surface area contributed by atoms with Gasteiger partial charge < -0.3 is 0 Å². The van der Waals surface area contributed by atoms with Gasteiger partial charge in [-0.2, -0.15) is 0 Å². The van der Waals surface area contributed by atoms with Gasteiger partial charge >= 0.3 is 0 Å². The summed E-state index contributed by atoms with van der Waals surface area (Å²) in [6.07, 6.45) is -33.2. The van der Waals surface area contributed by atoms with Crippen LogP contribution in [-0.4, -0.2) is 43.2 Å². The van der Waals surface area contributed by atoms with Crippen molar-refractivity contribution < 1.29 is 180 Å². The van der Waals surface area contributed by atoms with E-state index in [0.717, 1.165) is 0 Å². The fourth-order valence-electron chi connectivity index (χ4n) is 12.1. The van der Waals surface area contributed by atoms with Crippen molar-refractivity contribution in [1.29, 1.82) is 0 Å². The first kappa shape index (κ1) is 75.6. The average Bonchev–Trinajstić information content (AvgIpc) is 0.702. The molecule has 4 aromatic carbocycles. The molecule has 546 valence electrons. The molecule has 6 aliphatic carbocycles. The van der Waals surface area contributed by atoms with Crippen molar-refractivity contribution >= 4 is 16.7 Å². The maximum atomic E-state index is 18.1. The highest BCUT2D eigenvalue weighted by atomic mass is 19.2. The van der Waals surface area contributed by atoms with E-state index in [1.807, 2.05) is 0 Å². The Bertz CT molecular complexity index is 4820. The Morgan fingerprint density at radius 3 is 1.01 bits per heavy atom. The summed E-state index contributed by atoms with van der Waals surface area (Å²) in [6, 6.07) is 0. The van der Waals surface area contributed by atoms with Crippen molar-refractivity contribution in [3.8, 4) is 11.1 Å². The van der Waals surface area contributed by atoms with Gasteiger partial charge in [-0.05, 0) is 12.5 Å². The van der Waals surface area contributed by atoms with E-state index in [2.05, 4.69) is 0 Å². The lowest BCUT2D eigenvalue weighted by Gasteiger charge is -2.38. The number of alkyl halides is 7. The molecule has 12 atom stereocenters. The highest BCUT2D eigenvalue weighted by molar-refractivity contribution is 5.89. The molecule has 41 heteroatoms. The minimum absolute atomic E-state index is 0.268. The van der Waals surface area contributed by atoms with Crippen molar-refractivity contribution in [2.24, 2.45) is 17.8 Å². The fraction of sp³-hybridized carbons (Fsp3) is 0.213. The van der Waals surface area contributed by atoms with Crippen molar-refractivity contribution in [3.63, 3.8) is 0 Å². The van der Waals surface area contributed by atoms with E-state index in [1.54, 1.807) is 0 Å². The summed E-state index contributed by atoms with van der Waals surface area (Å²) >= 11 is 0. The molecule has 0 nitrogen and oxygen atoms in total. The van der Waals surface area contributed by atoms with E-state index in [0.29, 0.717) is 0 Å². The number of allylic oxidation sites excluding steroid dienone is 24. The van der Waals surface area contributed by atoms with Crippen LogP contribution in [-0.2, 0) is 0 Å². The molecule has 0 radical (unpaired) electrons. The SMILES string of the molecule is Cc1c(F)c(-c2c(F)c(C3=C(F)C(C4=C(F)C(F)C(c5c(F)c(F)c(F)c(F)c5F)C(F)=C4F)=C(F)C(C4C(F)=C(F)C(C5C(F)=C(F)C(F)=C(F)C5F)=C(F)C4F)C3F)c(F)c(C3C(F)=C(F)C(c4c(F)c(F)c(F)c(F)c4F)=C(F)C3F)c2F)c(F)c(F)c1C1=C(F)C(F)C(F)C(F)=C1F. The summed E-state index contributed by atoms with van der Waals surface area (Å²) in [4.78, 5) is 0. The van der Waals surface area contributed by atoms with Crippen LogP contribution in [0.3, 0.4) is 0 Å². The molecule has 0 spiro atoms. The smallest absolute Gasteiger partial charge is 0.200 e. The molecule has 0 aromatic heterocycles. The predicted octanol–water partition coefficient (Wildman–Crippen LogP) is 23.4. The van der Waals surface area contributed by atoms with E-state index in [-0.39, 0.29) is 6.92 Å². The van der Waals surface area contributed by atoms with Crippen LogP contribution in [0.15, 0.2) is 122 Å². The normalized spacial score (nSPS) is 26.6. The Morgan fingerprint density at radius 2 is 0.500 bits per heavy atom. The second-order valence-electron chi connectivity index (χ2n) is 22.0. The molecular weight excluding hydrogens is 1510 g/mol. The van der Waals surface area contributed by atoms with E-state index in [9.17, 15) is 52.7 Å². The molecule has 0 N–H and O–H groups in total. The predicted molar refractivity (Wildman–Crippen MR) is 263 cm³/mol. The monoisotopic (exact) mass is 1530 g/mol. The summed E-state index contributed by atoms with van der Waals surface area (Å²) < 4.78 is 650. The van der Waals surface area contributed by atoms with Crippen molar-refractivity contribution in [3.05, 3.63) is 248 Å². The molecule has 12 unspecified atom stereocenters. The summed E-state index contributed by atoms with van der Waals surface area (Å²) in [6.45, 7) is -0.268. The maximum Gasteiger partial charge on any atom is 0.200 e. The molecule has 0 aliphatic heterocycles. The first-order valence-corrected chi connectivity index (χ1v) is 26.9. The van der Waals surface area contributed by atoms with E-state index in [1.165, 1.54) is 0 Å².